The van der Waals surface area contributed by atoms with Crippen LogP contribution in [0.4, 0.5) is 8.78 Å². The molecule has 1 N–H and O–H groups in total. The van der Waals surface area contributed by atoms with Crippen LogP contribution < -0.4 is 5.32 Å². The molecule has 128 valence electrons. The van der Waals surface area contributed by atoms with Gasteiger partial charge in [-0.2, -0.15) is 13.9 Å². The quantitative estimate of drug-likeness (QED) is 0.837. The lowest BCUT2D eigenvalue weighted by molar-refractivity contribution is -0.145. The Bertz CT molecular complexity index is 601. The van der Waals surface area contributed by atoms with E-state index in [0.29, 0.717) is 40.9 Å². The van der Waals surface area contributed by atoms with Gasteiger partial charge in [-0.05, 0) is 33.1 Å². The summed E-state index contributed by atoms with van der Waals surface area (Å²) in [6.45, 7) is 0.413. The number of amides is 1. The fourth-order valence-electron chi connectivity index (χ4n) is 3.08. The molecule has 6 nitrogen and oxygen atoms in total. The van der Waals surface area contributed by atoms with Crippen LogP contribution in [0.1, 0.15) is 42.8 Å². The summed E-state index contributed by atoms with van der Waals surface area (Å²) in [5.41, 5.74) is 1.24. The molecule has 0 saturated heterocycles. The van der Waals surface area contributed by atoms with E-state index in [1.54, 1.807) is 6.92 Å². The van der Waals surface area contributed by atoms with Crippen molar-refractivity contribution in [1.29, 1.82) is 0 Å². The molecule has 2 rings (SSSR count). The topological polar surface area (TPSA) is 73.2 Å². The summed E-state index contributed by atoms with van der Waals surface area (Å²) in [6, 6.07) is -0.0858. The van der Waals surface area contributed by atoms with E-state index in [0.717, 1.165) is 0 Å². The van der Waals surface area contributed by atoms with E-state index in [1.165, 1.54) is 14.0 Å². The van der Waals surface area contributed by atoms with Crippen LogP contribution in [0.2, 0.25) is 0 Å². The number of rotatable bonds is 5. The summed E-state index contributed by atoms with van der Waals surface area (Å²) in [5, 5.41) is 6.62. The Labute approximate surface area is 133 Å². The van der Waals surface area contributed by atoms with Crippen molar-refractivity contribution in [3.05, 3.63) is 17.0 Å². The van der Waals surface area contributed by atoms with Gasteiger partial charge in [-0.1, -0.05) is 0 Å². The van der Waals surface area contributed by atoms with Gasteiger partial charge < -0.3 is 10.1 Å². The smallest absolute Gasteiger partial charge is 0.333 e. The maximum Gasteiger partial charge on any atom is 0.333 e. The number of aryl methyl sites for hydroxylation is 1. The molecule has 0 aromatic carbocycles. The molecule has 1 heterocycles. The lowest BCUT2D eigenvalue weighted by Gasteiger charge is -2.13. The Balaban J connectivity index is 1.95. The lowest BCUT2D eigenvalue weighted by Crippen LogP contribution is -2.34. The second-order valence-electron chi connectivity index (χ2n) is 5.85. The zero-order valence-corrected chi connectivity index (χ0v) is 13.4. The number of halogens is 2. The average molecular weight is 329 g/mol. The third kappa shape index (κ3) is 3.86. The summed E-state index contributed by atoms with van der Waals surface area (Å²) in [6.07, 6.45) is 1.94. The maximum absolute atomic E-state index is 12.8. The van der Waals surface area contributed by atoms with Gasteiger partial charge in [0.2, 0.25) is 5.91 Å². The second kappa shape index (κ2) is 7.06. The molecular formula is C15H21F2N3O3. The fraction of sp³-hybridized carbons (Fsp3) is 0.667. The SMILES string of the molecule is COC(=O)[C@H]1CC[C@@H](NC(=O)Cc2c(C)nn(C(F)F)c2C)C1. The number of methoxy groups -OCH3 is 1. The maximum atomic E-state index is 12.8. The van der Waals surface area contributed by atoms with E-state index in [4.69, 9.17) is 4.74 Å². The van der Waals surface area contributed by atoms with Gasteiger partial charge in [0.25, 0.3) is 0 Å². The van der Waals surface area contributed by atoms with Gasteiger partial charge in [0.15, 0.2) is 0 Å². The second-order valence-corrected chi connectivity index (χ2v) is 5.85. The first kappa shape index (κ1) is 17.4. The molecule has 1 aliphatic carbocycles. The number of hydrogen-bond acceptors (Lipinski definition) is 4. The highest BCUT2D eigenvalue weighted by molar-refractivity contribution is 5.79. The predicted octanol–water partition coefficient (Wildman–Crippen LogP) is 1.90. The summed E-state index contributed by atoms with van der Waals surface area (Å²) in [5.74, 6) is -0.692. The zero-order chi connectivity index (χ0) is 17.1. The van der Waals surface area contributed by atoms with Gasteiger partial charge in [0, 0.05) is 17.3 Å². The van der Waals surface area contributed by atoms with Crippen molar-refractivity contribution in [3.8, 4) is 0 Å². The first-order chi connectivity index (χ1) is 10.8. The molecule has 0 unspecified atom stereocenters. The van der Waals surface area contributed by atoms with E-state index in [2.05, 4.69) is 10.4 Å². The molecule has 1 amide bonds. The Morgan fingerprint density at radius 1 is 1.39 bits per heavy atom. The van der Waals surface area contributed by atoms with Crippen LogP contribution in [0.3, 0.4) is 0 Å². The largest absolute Gasteiger partial charge is 0.469 e. The number of carbonyl (C=O) groups excluding carboxylic acids is 2. The number of ether oxygens (including phenoxy) is 1. The molecule has 1 aromatic rings. The molecular weight excluding hydrogens is 308 g/mol. The van der Waals surface area contributed by atoms with Crippen LogP contribution in [0, 0.1) is 19.8 Å². The Morgan fingerprint density at radius 2 is 2.09 bits per heavy atom. The Hall–Kier alpha value is -1.99. The molecule has 1 aromatic heterocycles. The van der Waals surface area contributed by atoms with Gasteiger partial charge in [-0.25, -0.2) is 4.68 Å². The number of carbonyl (C=O) groups is 2. The molecule has 0 radical (unpaired) electrons. The monoisotopic (exact) mass is 329 g/mol. The highest BCUT2D eigenvalue weighted by atomic mass is 19.3. The number of aromatic nitrogens is 2. The average Bonchev–Trinajstić information content (AvgIpc) is 3.06. The molecule has 2 atom stereocenters. The highest BCUT2D eigenvalue weighted by Crippen LogP contribution is 2.27. The van der Waals surface area contributed by atoms with Crippen LogP contribution in [0.15, 0.2) is 0 Å². The number of hydrogen-bond donors (Lipinski definition) is 1. The summed E-state index contributed by atoms with van der Waals surface area (Å²) >= 11 is 0. The molecule has 0 spiro atoms. The van der Waals surface area contributed by atoms with Gasteiger partial charge in [0.1, 0.15) is 0 Å². The van der Waals surface area contributed by atoms with Crippen LogP contribution in [0.5, 0.6) is 0 Å². The number of nitrogens with zero attached hydrogens (tertiary/aromatic N) is 2. The third-order valence-electron chi connectivity index (χ3n) is 4.33. The molecule has 0 aliphatic heterocycles. The van der Waals surface area contributed by atoms with E-state index >= 15 is 0 Å². The van der Waals surface area contributed by atoms with Gasteiger partial charge >= 0.3 is 12.5 Å². The Morgan fingerprint density at radius 3 is 2.65 bits per heavy atom. The first-order valence-electron chi connectivity index (χ1n) is 7.53. The van der Waals surface area contributed by atoms with Gasteiger partial charge in [-0.15, -0.1) is 0 Å². The first-order valence-corrected chi connectivity index (χ1v) is 7.53. The molecule has 1 saturated carbocycles. The zero-order valence-electron chi connectivity index (χ0n) is 13.4. The van der Waals surface area contributed by atoms with Crippen molar-refractivity contribution >= 4 is 11.9 Å². The van der Waals surface area contributed by atoms with E-state index in [-0.39, 0.29) is 30.3 Å². The summed E-state index contributed by atoms with van der Waals surface area (Å²) in [4.78, 5) is 23.6. The fourth-order valence-corrected chi connectivity index (χ4v) is 3.08. The van der Waals surface area contributed by atoms with Crippen molar-refractivity contribution in [3.63, 3.8) is 0 Å². The molecule has 8 heteroatoms. The van der Waals surface area contributed by atoms with Crippen LogP contribution in [-0.4, -0.2) is 34.8 Å². The van der Waals surface area contributed by atoms with Crippen LogP contribution >= 0.6 is 0 Å². The molecule has 0 bridgehead atoms. The van der Waals surface area contributed by atoms with Crippen molar-refractivity contribution in [2.24, 2.45) is 5.92 Å². The molecule has 1 fully saturated rings. The Kier molecular flexibility index (Phi) is 5.33. The van der Waals surface area contributed by atoms with Gasteiger partial charge in [-0.3, -0.25) is 9.59 Å². The standard InChI is InChI=1S/C15H21F2N3O3/c1-8-12(9(2)20(19-8)15(16)17)7-13(21)18-11-5-4-10(6-11)14(22)23-3/h10-11,15H,4-7H2,1-3H3,(H,18,21)/t10-,11+/m0/s1. The third-order valence-corrected chi connectivity index (χ3v) is 4.33. The summed E-state index contributed by atoms with van der Waals surface area (Å²) in [7, 11) is 1.35. The molecule has 23 heavy (non-hydrogen) atoms. The lowest BCUT2D eigenvalue weighted by atomic mass is 10.1. The minimum atomic E-state index is -2.72. The normalized spacial score (nSPS) is 20.8. The van der Waals surface area contributed by atoms with E-state index in [9.17, 15) is 18.4 Å². The van der Waals surface area contributed by atoms with Crippen LogP contribution in [0.25, 0.3) is 0 Å². The van der Waals surface area contributed by atoms with Gasteiger partial charge in [0.05, 0.1) is 25.1 Å². The number of nitrogens with one attached hydrogen (secondary N) is 1. The summed E-state index contributed by atoms with van der Waals surface area (Å²) < 4.78 is 30.9. The minimum Gasteiger partial charge on any atom is -0.469 e. The van der Waals surface area contributed by atoms with E-state index < -0.39 is 6.55 Å². The van der Waals surface area contributed by atoms with Crippen molar-refractivity contribution in [2.75, 3.05) is 7.11 Å². The predicted molar refractivity (Wildman–Crippen MR) is 77.9 cm³/mol. The van der Waals surface area contributed by atoms with Crippen molar-refractivity contribution in [1.82, 2.24) is 15.1 Å². The molecule has 1 aliphatic rings. The minimum absolute atomic E-state index is 0.00375. The number of alkyl halides is 2. The van der Waals surface area contributed by atoms with Crippen molar-refractivity contribution in [2.45, 2.75) is 52.1 Å². The highest BCUT2D eigenvalue weighted by Gasteiger charge is 2.31. The van der Waals surface area contributed by atoms with E-state index in [1.807, 2.05) is 0 Å². The van der Waals surface area contributed by atoms with Crippen LogP contribution in [-0.2, 0) is 20.7 Å². The van der Waals surface area contributed by atoms with Crippen molar-refractivity contribution < 1.29 is 23.1 Å². The number of esters is 1.